The number of aromatic nitrogens is 1. The fraction of sp³-hybridized carbons (Fsp3) is 0.267. The monoisotopic (exact) mass is 302 g/mol. The lowest BCUT2D eigenvalue weighted by molar-refractivity contribution is -0.118. The maximum absolute atomic E-state index is 12.3. The number of thiophene rings is 1. The van der Waals surface area contributed by atoms with E-state index < -0.39 is 5.97 Å². The number of carbonyl (C=O) groups is 2. The van der Waals surface area contributed by atoms with Crippen LogP contribution in [0.4, 0.5) is 5.69 Å². The molecule has 21 heavy (non-hydrogen) atoms. The topological polar surface area (TPSA) is 70.5 Å². The number of carboxylic acid groups (broad SMARTS) is 1. The third kappa shape index (κ3) is 2.80. The first kappa shape index (κ1) is 13.8. The Morgan fingerprint density at radius 1 is 1.33 bits per heavy atom. The third-order valence-electron chi connectivity index (χ3n) is 3.50. The van der Waals surface area contributed by atoms with E-state index in [0.29, 0.717) is 18.7 Å². The van der Waals surface area contributed by atoms with Gasteiger partial charge in [0.15, 0.2) is 0 Å². The predicted molar refractivity (Wildman–Crippen MR) is 79.6 cm³/mol. The number of pyridine rings is 1. The SMILES string of the molecule is O=C(O)c1ccc(CN2C(=O)CCCc3sccc32)nc1. The van der Waals surface area contributed by atoms with Crippen LogP contribution in [0.25, 0.3) is 0 Å². The minimum absolute atomic E-state index is 0.0938. The molecule has 0 saturated heterocycles. The number of carboxylic acids is 1. The summed E-state index contributed by atoms with van der Waals surface area (Å²) in [6, 6.07) is 5.14. The Labute approximate surface area is 125 Å². The Kier molecular flexibility index (Phi) is 3.70. The molecule has 0 spiro atoms. The van der Waals surface area contributed by atoms with Crippen molar-refractivity contribution >= 4 is 28.9 Å². The maximum Gasteiger partial charge on any atom is 0.337 e. The van der Waals surface area contributed by atoms with Crippen molar-refractivity contribution in [1.29, 1.82) is 0 Å². The molecule has 108 valence electrons. The minimum atomic E-state index is -1.000. The molecule has 0 radical (unpaired) electrons. The van der Waals surface area contributed by atoms with Crippen LogP contribution < -0.4 is 4.90 Å². The molecule has 2 aromatic rings. The molecule has 0 bridgehead atoms. The molecule has 3 heterocycles. The largest absolute Gasteiger partial charge is 0.478 e. The second-order valence-corrected chi connectivity index (χ2v) is 5.91. The molecule has 0 atom stereocenters. The van der Waals surface area contributed by atoms with Crippen molar-refractivity contribution in [3.8, 4) is 0 Å². The van der Waals surface area contributed by atoms with Crippen LogP contribution in [-0.2, 0) is 17.8 Å². The Bertz CT molecular complexity index is 678. The second kappa shape index (κ2) is 5.65. The summed E-state index contributed by atoms with van der Waals surface area (Å²) in [5, 5.41) is 10.9. The summed E-state index contributed by atoms with van der Waals surface area (Å²) in [7, 11) is 0. The fourth-order valence-corrected chi connectivity index (χ4v) is 3.33. The number of carbonyl (C=O) groups excluding carboxylic acids is 1. The number of nitrogens with zero attached hydrogens (tertiary/aromatic N) is 2. The zero-order valence-corrected chi connectivity index (χ0v) is 12.1. The number of hydrogen-bond donors (Lipinski definition) is 1. The number of aromatic carboxylic acids is 1. The Hall–Kier alpha value is -2.21. The van der Waals surface area contributed by atoms with Gasteiger partial charge in [-0.15, -0.1) is 11.3 Å². The lowest BCUT2D eigenvalue weighted by Crippen LogP contribution is -2.29. The summed E-state index contributed by atoms with van der Waals surface area (Å²) in [5.41, 5.74) is 1.80. The zero-order chi connectivity index (χ0) is 14.8. The average molecular weight is 302 g/mol. The van der Waals surface area contributed by atoms with Crippen molar-refractivity contribution in [3.63, 3.8) is 0 Å². The van der Waals surface area contributed by atoms with Crippen LogP contribution in [0, 0.1) is 0 Å². The summed E-state index contributed by atoms with van der Waals surface area (Å²) >= 11 is 1.67. The van der Waals surface area contributed by atoms with Crippen molar-refractivity contribution in [2.75, 3.05) is 4.90 Å². The Morgan fingerprint density at radius 2 is 2.19 bits per heavy atom. The highest BCUT2D eigenvalue weighted by molar-refractivity contribution is 7.10. The molecular formula is C15H14N2O3S. The van der Waals surface area contributed by atoms with Crippen LogP contribution in [0.2, 0.25) is 0 Å². The summed E-state index contributed by atoms with van der Waals surface area (Å²) in [6.07, 6.45) is 3.66. The van der Waals surface area contributed by atoms with Gasteiger partial charge in [0.05, 0.1) is 23.5 Å². The van der Waals surface area contributed by atoms with Crippen LogP contribution in [0.1, 0.15) is 33.8 Å². The first-order valence-corrected chi connectivity index (χ1v) is 7.58. The summed E-state index contributed by atoms with van der Waals surface area (Å²) in [6.45, 7) is 0.377. The molecule has 1 aliphatic rings. The van der Waals surface area contributed by atoms with E-state index >= 15 is 0 Å². The van der Waals surface area contributed by atoms with E-state index in [1.807, 2.05) is 11.4 Å². The van der Waals surface area contributed by atoms with Gasteiger partial charge in [0.25, 0.3) is 0 Å². The second-order valence-electron chi connectivity index (χ2n) is 4.91. The summed E-state index contributed by atoms with van der Waals surface area (Å²) in [5.74, 6) is -0.906. The number of aryl methyl sites for hydroxylation is 1. The third-order valence-corrected chi connectivity index (χ3v) is 4.47. The highest BCUT2D eigenvalue weighted by atomic mass is 32.1. The molecule has 1 N–H and O–H groups in total. The Balaban J connectivity index is 1.86. The molecule has 2 aromatic heterocycles. The van der Waals surface area contributed by atoms with Crippen LogP contribution in [0.3, 0.4) is 0 Å². The first-order chi connectivity index (χ1) is 10.1. The van der Waals surface area contributed by atoms with Crippen molar-refractivity contribution in [2.45, 2.75) is 25.8 Å². The van der Waals surface area contributed by atoms with E-state index in [-0.39, 0.29) is 11.5 Å². The van der Waals surface area contributed by atoms with E-state index in [2.05, 4.69) is 4.98 Å². The minimum Gasteiger partial charge on any atom is -0.478 e. The molecule has 0 saturated carbocycles. The van der Waals surface area contributed by atoms with Gasteiger partial charge in [-0.25, -0.2) is 4.79 Å². The van der Waals surface area contributed by atoms with Gasteiger partial charge in [-0.1, -0.05) is 0 Å². The smallest absolute Gasteiger partial charge is 0.337 e. The molecule has 1 aliphatic heterocycles. The van der Waals surface area contributed by atoms with E-state index in [1.54, 1.807) is 22.3 Å². The van der Waals surface area contributed by atoms with Crippen molar-refractivity contribution < 1.29 is 14.7 Å². The molecular weight excluding hydrogens is 288 g/mol. The van der Waals surface area contributed by atoms with Gasteiger partial charge in [-0.2, -0.15) is 0 Å². The molecule has 0 unspecified atom stereocenters. The molecule has 0 aliphatic carbocycles. The lowest BCUT2D eigenvalue weighted by Gasteiger charge is -2.20. The van der Waals surface area contributed by atoms with Gasteiger partial charge >= 0.3 is 5.97 Å². The average Bonchev–Trinajstić information content (AvgIpc) is 2.88. The Morgan fingerprint density at radius 3 is 2.90 bits per heavy atom. The fourth-order valence-electron chi connectivity index (χ4n) is 2.41. The van der Waals surface area contributed by atoms with Crippen LogP contribution in [0.15, 0.2) is 29.8 Å². The van der Waals surface area contributed by atoms with Crippen LogP contribution >= 0.6 is 11.3 Å². The molecule has 6 heteroatoms. The van der Waals surface area contributed by atoms with Gasteiger partial charge in [0.2, 0.25) is 5.91 Å². The number of anilines is 1. The zero-order valence-electron chi connectivity index (χ0n) is 11.3. The lowest BCUT2D eigenvalue weighted by atomic mass is 10.2. The van der Waals surface area contributed by atoms with Gasteiger partial charge in [0, 0.05) is 17.5 Å². The van der Waals surface area contributed by atoms with Crippen LogP contribution in [0.5, 0.6) is 0 Å². The molecule has 3 rings (SSSR count). The highest BCUT2D eigenvalue weighted by Gasteiger charge is 2.23. The van der Waals surface area contributed by atoms with Crippen molar-refractivity contribution in [3.05, 3.63) is 45.9 Å². The van der Waals surface area contributed by atoms with E-state index in [9.17, 15) is 9.59 Å². The number of fused-ring (bicyclic) bond motifs is 1. The molecule has 1 amide bonds. The maximum atomic E-state index is 12.3. The predicted octanol–water partition coefficient (Wildman–Crippen LogP) is 2.71. The highest BCUT2D eigenvalue weighted by Crippen LogP contribution is 2.32. The molecule has 5 nitrogen and oxygen atoms in total. The normalized spacial score (nSPS) is 14.7. The van der Waals surface area contributed by atoms with Crippen molar-refractivity contribution in [1.82, 2.24) is 4.98 Å². The number of hydrogen-bond acceptors (Lipinski definition) is 4. The number of amides is 1. The number of rotatable bonds is 3. The molecule has 0 aromatic carbocycles. The summed E-state index contributed by atoms with van der Waals surface area (Å²) < 4.78 is 0. The standard InChI is InChI=1S/C15H14N2O3S/c18-14-3-1-2-13-12(6-7-21-13)17(14)9-11-5-4-10(8-16-11)15(19)20/h4-8H,1-3,9H2,(H,19,20). The van der Waals surface area contributed by atoms with E-state index in [1.165, 1.54) is 17.1 Å². The van der Waals surface area contributed by atoms with Gasteiger partial charge in [0.1, 0.15) is 0 Å². The van der Waals surface area contributed by atoms with E-state index in [4.69, 9.17) is 5.11 Å². The summed E-state index contributed by atoms with van der Waals surface area (Å²) in [4.78, 5) is 30.2. The van der Waals surface area contributed by atoms with Gasteiger partial charge in [-0.05, 0) is 36.4 Å². The first-order valence-electron chi connectivity index (χ1n) is 6.70. The molecule has 0 fully saturated rings. The van der Waals surface area contributed by atoms with Gasteiger partial charge in [-0.3, -0.25) is 9.78 Å². The van der Waals surface area contributed by atoms with Gasteiger partial charge < -0.3 is 10.0 Å². The van der Waals surface area contributed by atoms with E-state index in [0.717, 1.165) is 18.5 Å². The van der Waals surface area contributed by atoms with Crippen LogP contribution in [-0.4, -0.2) is 22.0 Å². The quantitative estimate of drug-likeness (QED) is 0.946. The van der Waals surface area contributed by atoms with Crippen molar-refractivity contribution in [2.24, 2.45) is 0 Å².